The summed E-state index contributed by atoms with van der Waals surface area (Å²) in [4.78, 5) is 23.2. The number of carboxylic acid groups (broad SMARTS) is 1. The van der Waals surface area contributed by atoms with Crippen LogP contribution in [-0.4, -0.2) is 23.2 Å². The number of carboxylic acids is 1. The Hall–Kier alpha value is -1.49. The standard InChI is InChI=1S/C13H17NO3S/c1-9(7-12(15)16)13(17)14-8-10-3-5-11(18-2)6-4-10/h3-6,9H,7-8H2,1-2H3,(H,14,17)(H,15,16). The van der Waals surface area contributed by atoms with Crippen LogP contribution in [0.3, 0.4) is 0 Å². The zero-order valence-electron chi connectivity index (χ0n) is 10.5. The first-order chi connectivity index (χ1) is 8.52. The van der Waals surface area contributed by atoms with Crippen molar-refractivity contribution in [2.24, 2.45) is 5.92 Å². The summed E-state index contributed by atoms with van der Waals surface area (Å²) in [5.41, 5.74) is 1.00. The molecule has 1 aromatic carbocycles. The van der Waals surface area contributed by atoms with Crippen molar-refractivity contribution in [3.63, 3.8) is 0 Å². The van der Waals surface area contributed by atoms with E-state index >= 15 is 0 Å². The van der Waals surface area contributed by atoms with Gasteiger partial charge in [0.1, 0.15) is 0 Å². The van der Waals surface area contributed by atoms with E-state index in [2.05, 4.69) is 5.32 Å². The molecule has 0 bridgehead atoms. The Labute approximate surface area is 111 Å². The minimum Gasteiger partial charge on any atom is -0.481 e. The lowest BCUT2D eigenvalue weighted by Gasteiger charge is -2.10. The van der Waals surface area contributed by atoms with Crippen molar-refractivity contribution in [3.05, 3.63) is 29.8 Å². The largest absolute Gasteiger partial charge is 0.481 e. The van der Waals surface area contributed by atoms with Crippen LogP contribution in [0.5, 0.6) is 0 Å². The van der Waals surface area contributed by atoms with Crippen LogP contribution in [0.2, 0.25) is 0 Å². The topological polar surface area (TPSA) is 66.4 Å². The van der Waals surface area contributed by atoms with Crippen LogP contribution in [0.1, 0.15) is 18.9 Å². The monoisotopic (exact) mass is 267 g/mol. The molecule has 0 spiro atoms. The molecule has 0 saturated heterocycles. The molecule has 18 heavy (non-hydrogen) atoms. The third-order valence-corrected chi connectivity index (χ3v) is 3.30. The number of hydrogen-bond acceptors (Lipinski definition) is 3. The van der Waals surface area contributed by atoms with Gasteiger partial charge in [0.2, 0.25) is 5.91 Å². The summed E-state index contributed by atoms with van der Waals surface area (Å²) >= 11 is 1.66. The van der Waals surface area contributed by atoms with E-state index in [4.69, 9.17) is 5.11 Å². The summed E-state index contributed by atoms with van der Waals surface area (Å²) in [7, 11) is 0. The van der Waals surface area contributed by atoms with E-state index < -0.39 is 11.9 Å². The van der Waals surface area contributed by atoms with Gasteiger partial charge in [-0.05, 0) is 24.0 Å². The molecule has 0 aromatic heterocycles. The SMILES string of the molecule is CSc1ccc(CNC(=O)C(C)CC(=O)O)cc1. The van der Waals surface area contributed by atoms with Gasteiger partial charge in [0, 0.05) is 17.4 Å². The summed E-state index contributed by atoms with van der Waals surface area (Å²) in [6.07, 6.45) is 1.86. The molecule has 0 heterocycles. The van der Waals surface area contributed by atoms with E-state index in [1.165, 1.54) is 4.90 Å². The third kappa shape index (κ3) is 4.79. The Bertz CT molecular complexity index is 417. The van der Waals surface area contributed by atoms with Gasteiger partial charge >= 0.3 is 5.97 Å². The normalized spacial score (nSPS) is 11.9. The summed E-state index contributed by atoms with van der Waals surface area (Å²) in [5, 5.41) is 11.3. The maximum absolute atomic E-state index is 11.6. The number of carbonyl (C=O) groups excluding carboxylic acids is 1. The van der Waals surface area contributed by atoms with Gasteiger partial charge in [-0.3, -0.25) is 9.59 Å². The minimum absolute atomic E-state index is 0.142. The number of hydrogen-bond donors (Lipinski definition) is 2. The Morgan fingerprint density at radius 2 is 1.94 bits per heavy atom. The fourth-order valence-electron chi connectivity index (χ4n) is 1.46. The highest BCUT2D eigenvalue weighted by Crippen LogP contribution is 2.14. The van der Waals surface area contributed by atoms with Crippen molar-refractivity contribution in [1.82, 2.24) is 5.32 Å². The van der Waals surface area contributed by atoms with Crippen molar-refractivity contribution in [2.45, 2.75) is 24.8 Å². The predicted octanol–water partition coefficient (Wildman–Crippen LogP) is 2.14. The molecule has 0 fully saturated rings. The highest BCUT2D eigenvalue weighted by Gasteiger charge is 2.15. The molecule has 1 atom stereocenters. The van der Waals surface area contributed by atoms with Crippen molar-refractivity contribution in [2.75, 3.05) is 6.26 Å². The number of nitrogens with one attached hydrogen (secondary N) is 1. The summed E-state index contributed by atoms with van der Waals surface area (Å²) in [6.45, 7) is 2.04. The number of benzene rings is 1. The fraction of sp³-hybridized carbons (Fsp3) is 0.385. The maximum Gasteiger partial charge on any atom is 0.304 e. The summed E-state index contributed by atoms with van der Waals surface area (Å²) in [6, 6.07) is 7.89. The maximum atomic E-state index is 11.6. The molecule has 5 heteroatoms. The van der Waals surface area contributed by atoms with Gasteiger partial charge in [-0.25, -0.2) is 0 Å². The average molecular weight is 267 g/mol. The Morgan fingerprint density at radius 1 is 1.33 bits per heavy atom. The second-order valence-electron chi connectivity index (χ2n) is 4.06. The van der Waals surface area contributed by atoms with Gasteiger partial charge < -0.3 is 10.4 Å². The van der Waals surface area contributed by atoms with Crippen LogP contribution in [0.4, 0.5) is 0 Å². The van der Waals surface area contributed by atoms with Gasteiger partial charge in [0.25, 0.3) is 0 Å². The molecule has 4 nitrogen and oxygen atoms in total. The molecule has 1 unspecified atom stereocenters. The summed E-state index contributed by atoms with van der Waals surface area (Å²) < 4.78 is 0. The smallest absolute Gasteiger partial charge is 0.304 e. The first-order valence-electron chi connectivity index (χ1n) is 5.65. The molecule has 0 saturated carbocycles. The molecular weight excluding hydrogens is 250 g/mol. The molecular formula is C13H17NO3S. The quantitative estimate of drug-likeness (QED) is 0.775. The highest BCUT2D eigenvalue weighted by atomic mass is 32.2. The first-order valence-corrected chi connectivity index (χ1v) is 6.88. The van der Waals surface area contributed by atoms with E-state index in [9.17, 15) is 9.59 Å². The molecule has 98 valence electrons. The number of carbonyl (C=O) groups is 2. The lowest BCUT2D eigenvalue weighted by molar-refractivity contribution is -0.140. The minimum atomic E-state index is -0.957. The molecule has 0 aliphatic heterocycles. The van der Waals surface area contributed by atoms with E-state index in [0.29, 0.717) is 6.54 Å². The second kappa shape index (κ2) is 7.06. The van der Waals surface area contributed by atoms with Crippen LogP contribution >= 0.6 is 11.8 Å². The zero-order chi connectivity index (χ0) is 13.5. The van der Waals surface area contributed by atoms with Crippen LogP contribution in [-0.2, 0) is 16.1 Å². The number of thioether (sulfide) groups is 1. The Morgan fingerprint density at radius 3 is 2.44 bits per heavy atom. The van der Waals surface area contributed by atoms with Gasteiger partial charge in [-0.2, -0.15) is 0 Å². The molecule has 0 radical (unpaired) electrons. The highest BCUT2D eigenvalue weighted by molar-refractivity contribution is 7.98. The zero-order valence-corrected chi connectivity index (χ0v) is 11.3. The molecule has 1 aromatic rings. The second-order valence-corrected chi connectivity index (χ2v) is 4.94. The molecule has 0 aliphatic carbocycles. The van der Waals surface area contributed by atoms with E-state index in [-0.39, 0.29) is 12.3 Å². The van der Waals surface area contributed by atoms with E-state index in [1.807, 2.05) is 30.5 Å². The molecule has 0 aliphatic rings. The fourth-order valence-corrected chi connectivity index (χ4v) is 1.87. The van der Waals surface area contributed by atoms with Crippen LogP contribution in [0.25, 0.3) is 0 Å². The van der Waals surface area contributed by atoms with Crippen molar-refractivity contribution >= 4 is 23.6 Å². The average Bonchev–Trinajstić information content (AvgIpc) is 2.35. The number of amides is 1. The van der Waals surface area contributed by atoms with Gasteiger partial charge in [0.05, 0.1) is 6.42 Å². The Kier molecular flexibility index (Phi) is 5.71. The molecule has 1 amide bonds. The van der Waals surface area contributed by atoms with Crippen molar-refractivity contribution in [1.29, 1.82) is 0 Å². The summed E-state index contributed by atoms with van der Waals surface area (Å²) in [5.74, 6) is -1.69. The first kappa shape index (κ1) is 14.6. The number of rotatable bonds is 6. The third-order valence-electron chi connectivity index (χ3n) is 2.55. The lowest BCUT2D eigenvalue weighted by atomic mass is 10.1. The van der Waals surface area contributed by atoms with Gasteiger partial charge in [-0.1, -0.05) is 19.1 Å². The Balaban J connectivity index is 2.44. The predicted molar refractivity (Wildman–Crippen MR) is 71.5 cm³/mol. The van der Waals surface area contributed by atoms with E-state index in [1.54, 1.807) is 18.7 Å². The van der Waals surface area contributed by atoms with Crippen molar-refractivity contribution in [3.8, 4) is 0 Å². The number of aliphatic carboxylic acids is 1. The van der Waals surface area contributed by atoms with Crippen LogP contribution in [0.15, 0.2) is 29.2 Å². The lowest BCUT2D eigenvalue weighted by Crippen LogP contribution is -2.30. The van der Waals surface area contributed by atoms with Gasteiger partial charge in [-0.15, -0.1) is 11.8 Å². The molecule has 2 N–H and O–H groups in total. The van der Waals surface area contributed by atoms with E-state index in [0.717, 1.165) is 5.56 Å². The van der Waals surface area contributed by atoms with Crippen LogP contribution in [0, 0.1) is 5.92 Å². The van der Waals surface area contributed by atoms with Gasteiger partial charge in [0.15, 0.2) is 0 Å². The van der Waals surface area contributed by atoms with Crippen molar-refractivity contribution < 1.29 is 14.7 Å². The van der Waals surface area contributed by atoms with Crippen LogP contribution < -0.4 is 5.32 Å². The molecule has 1 rings (SSSR count).